The fourth-order valence-corrected chi connectivity index (χ4v) is 3.06. The fraction of sp³-hybridized carbons (Fsp3) is 0.211. The van der Waals surface area contributed by atoms with Gasteiger partial charge in [0.15, 0.2) is 5.71 Å². The molecule has 0 bridgehead atoms. The molecule has 138 valence electrons. The highest BCUT2D eigenvalue weighted by molar-refractivity contribution is 6.50. The summed E-state index contributed by atoms with van der Waals surface area (Å²) in [6.07, 6.45) is 4.27. The van der Waals surface area contributed by atoms with Gasteiger partial charge in [-0.3, -0.25) is 0 Å². The number of nitrogens with zero attached hydrogens (tertiary/aromatic N) is 1. The van der Waals surface area contributed by atoms with Gasteiger partial charge in [0.1, 0.15) is 12.8 Å². The van der Waals surface area contributed by atoms with Crippen molar-refractivity contribution < 1.29 is 26.9 Å². The molecule has 0 saturated carbocycles. The van der Waals surface area contributed by atoms with Crippen LogP contribution in [-0.4, -0.2) is 29.7 Å². The van der Waals surface area contributed by atoms with Crippen molar-refractivity contribution in [1.82, 2.24) is 0 Å². The van der Waals surface area contributed by atoms with E-state index in [1.54, 1.807) is 12.1 Å². The van der Waals surface area contributed by atoms with Crippen LogP contribution < -0.4 is 0 Å². The van der Waals surface area contributed by atoms with Crippen molar-refractivity contribution in [1.29, 1.82) is 0 Å². The number of aromatic hydroxyl groups is 1. The lowest BCUT2D eigenvalue weighted by atomic mass is 9.81. The van der Waals surface area contributed by atoms with Crippen LogP contribution in [0.2, 0.25) is 0 Å². The van der Waals surface area contributed by atoms with Crippen molar-refractivity contribution in [2.24, 2.45) is 0 Å². The van der Waals surface area contributed by atoms with E-state index < -0.39 is 7.25 Å². The maximum Gasteiger partial charge on any atom is 0.673 e. The summed E-state index contributed by atoms with van der Waals surface area (Å²) >= 11 is 0. The number of hydrogen-bond donors (Lipinski definition) is 1. The molecule has 26 heavy (non-hydrogen) atoms. The van der Waals surface area contributed by atoms with Crippen molar-refractivity contribution >= 4 is 24.7 Å². The Hall–Kier alpha value is -2.57. The summed E-state index contributed by atoms with van der Waals surface area (Å²) in [7, 11) is -3.88. The van der Waals surface area contributed by atoms with E-state index in [1.807, 2.05) is 12.1 Å². The predicted octanol–water partition coefficient (Wildman–Crippen LogP) is 5.41. The molecule has 3 rings (SSSR count). The van der Waals surface area contributed by atoms with Crippen LogP contribution in [0.3, 0.4) is 0 Å². The summed E-state index contributed by atoms with van der Waals surface area (Å²) < 4.78 is 41.3. The molecule has 0 radical (unpaired) electrons. The van der Waals surface area contributed by atoms with Gasteiger partial charge in [0.25, 0.3) is 0 Å². The van der Waals surface area contributed by atoms with Crippen LogP contribution in [-0.2, 0) is 5.41 Å². The third kappa shape index (κ3) is 4.74. The van der Waals surface area contributed by atoms with Crippen LogP contribution in [0.15, 0.2) is 54.6 Å². The molecule has 0 amide bonds. The van der Waals surface area contributed by atoms with Crippen molar-refractivity contribution in [3.05, 3.63) is 65.7 Å². The molecule has 0 fully saturated rings. The Bertz CT molecular complexity index is 833. The number of allylic oxidation sites excluding steroid dienone is 1. The van der Waals surface area contributed by atoms with E-state index in [0.29, 0.717) is 5.75 Å². The highest BCUT2D eigenvalue weighted by atomic mass is 19.5. The molecule has 2 aromatic carbocycles. The lowest BCUT2D eigenvalue weighted by Crippen LogP contribution is -2.26. The lowest BCUT2D eigenvalue weighted by Gasteiger charge is -2.15. The number of para-hydroxylation sites is 1. The van der Waals surface area contributed by atoms with Crippen molar-refractivity contribution in [3.63, 3.8) is 0 Å². The Balaban J connectivity index is 0.000000431. The summed E-state index contributed by atoms with van der Waals surface area (Å²) in [6.45, 7) is 4.51. The monoisotopic (exact) mass is 365 g/mol. The van der Waals surface area contributed by atoms with E-state index in [1.165, 1.54) is 17.0 Å². The number of benzene rings is 2. The molecule has 7 heteroatoms. The SMILES string of the molecule is C[N+]1=C(/C=C/c2ccc(O)cc2)C(C)(C)c2ccccc21.F[B-](F)(F)F. The molecule has 0 aliphatic carbocycles. The molecule has 0 spiro atoms. The zero-order valence-electron chi connectivity index (χ0n) is 14.8. The first-order chi connectivity index (χ1) is 12.0. The molecule has 1 heterocycles. The smallest absolute Gasteiger partial charge is 0.508 e. The number of halogens is 4. The molecule has 1 N–H and O–H groups in total. The second kappa shape index (κ2) is 7.36. The largest absolute Gasteiger partial charge is 0.673 e. The average molecular weight is 365 g/mol. The number of phenolic OH excluding ortho intramolecular Hbond substituents is 1. The summed E-state index contributed by atoms with van der Waals surface area (Å²) in [5, 5.41) is 9.34. The van der Waals surface area contributed by atoms with Gasteiger partial charge in [-0.05, 0) is 37.6 Å². The highest BCUT2D eigenvalue weighted by Gasteiger charge is 2.42. The summed E-state index contributed by atoms with van der Waals surface area (Å²) in [5.74, 6) is 0.297. The lowest BCUT2D eigenvalue weighted by molar-refractivity contribution is -0.401. The number of rotatable bonds is 2. The predicted molar refractivity (Wildman–Crippen MR) is 97.6 cm³/mol. The van der Waals surface area contributed by atoms with Gasteiger partial charge in [-0.25, -0.2) is 0 Å². The van der Waals surface area contributed by atoms with Gasteiger partial charge in [-0.1, -0.05) is 30.3 Å². The van der Waals surface area contributed by atoms with Crippen LogP contribution in [0, 0.1) is 0 Å². The normalized spacial score (nSPS) is 15.7. The van der Waals surface area contributed by atoms with Crippen LogP contribution in [0.25, 0.3) is 6.08 Å². The molecular weight excluding hydrogens is 345 g/mol. The number of hydrogen-bond acceptors (Lipinski definition) is 1. The first-order valence-electron chi connectivity index (χ1n) is 8.05. The molecule has 1 aliphatic heterocycles. The molecular formula is C19H20BF4NO. The van der Waals surface area contributed by atoms with Gasteiger partial charge in [-0.2, -0.15) is 4.58 Å². The topological polar surface area (TPSA) is 23.2 Å². The zero-order valence-corrected chi connectivity index (χ0v) is 14.8. The van der Waals surface area contributed by atoms with E-state index >= 15 is 0 Å². The Morgan fingerprint density at radius 3 is 2.00 bits per heavy atom. The zero-order chi connectivity index (χ0) is 19.5. The van der Waals surface area contributed by atoms with Crippen molar-refractivity contribution in [2.45, 2.75) is 19.3 Å². The first kappa shape index (κ1) is 19.8. The van der Waals surface area contributed by atoms with Gasteiger partial charge < -0.3 is 22.4 Å². The molecule has 1 aliphatic rings. The van der Waals surface area contributed by atoms with E-state index in [4.69, 9.17) is 0 Å². The van der Waals surface area contributed by atoms with E-state index in [-0.39, 0.29) is 5.41 Å². The van der Waals surface area contributed by atoms with Gasteiger partial charge in [-0.15, -0.1) is 0 Å². The molecule has 0 atom stereocenters. The first-order valence-corrected chi connectivity index (χ1v) is 8.05. The Kier molecular flexibility index (Phi) is 5.59. The summed E-state index contributed by atoms with van der Waals surface area (Å²) in [5.41, 5.74) is 4.99. The van der Waals surface area contributed by atoms with Crippen molar-refractivity contribution in [2.75, 3.05) is 7.05 Å². The third-order valence-corrected chi connectivity index (χ3v) is 4.27. The van der Waals surface area contributed by atoms with Crippen LogP contribution in [0.4, 0.5) is 23.0 Å². The summed E-state index contributed by atoms with van der Waals surface area (Å²) in [4.78, 5) is 0. The quantitative estimate of drug-likeness (QED) is 0.429. The minimum atomic E-state index is -6.00. The molecule has 0 saturated heterocycles. The van der Waals surface area contributed by atoms with Crippen LogP contribution in [0.1, 0.15) is 25.0 Å². The van der Waals surface area contributed by atoms with E-state index in [2.05, 4.69) is 61.9 Å². The van der Waals surface area contributed by atoms with Crippen LogP contribution in [0.5, 0.6) is 5.75 Å². The third-order valence-electron chi connectivity index (χ3n) is 4.27. The highest BCUT2D eigenvalue weighted by Crippen LogP contribution is 2.39. The Labute approximate surface area is 150 Å². The molecule has 0 unspecified atom stereocenters. The minimum Gasteiger partial charge on any atom is -0.508 e. The van der Waals surface area contributed by atoms with Gasteiger partial charge >= 0.3 is 7.25 Å². The fourth-order valence-electron chi connectivity index (χ4n) is 3.06. The molecule has 0 aromatic heterocycles. The standard InChI is InChI=1S/C19H19NO.BF4/c1-19(2)16-6-4-5-7-17(16)20(3)18(19)13-10-14-8-11-15(21)12-9-14;2-1(3,4)5/h4-13H,1-3H3;/q;-1/p+1. The molecule has 2 aromatic rings. The average Bonchev–Trinajstić information content (AvgIpc) is 2.73. The van der Waals surface area contributed by atoms with E-state index in [9.17, 15) is 22.4 Å². The number of fused-ring (bicyclic) bond motifs is 1. The van der Waals surface area contributed by atoms with Crippen LogP contribution >= 0.6 is 0 Å². The van der Waals surface area contributed by atoms with Gasteiger partial charge in [0.05, 0.1) is 5.41 Å². The minimum absolute atomic E-state index is 0.00123. The Morgan fingerprint density at radius 2 is 1.46 bits per heavy atom. The maximum atomic E-state index is 9.75. The Morgan fingerprint density at radius 1 is 0.923 bits per heavy atom. The number of phenols is 1. The van der Waals surface area contributed by atoms with Gasteiger partial charge in [0.2, 0.25) is 5.69 Å². The maximum absolute atomic E-state index is 9.75. The second-order valence-electron chi connectivity index (χ2n) is 6.51. The van der Waals surface area contributed by atoms with E-state index in [0.717, 1.165) is 5.56 Å². The second-order valence-corrected chi connectivity index (χ2v) is 6.51. The molecule has 2 nitrogen and oxygen atoms in total. The summed E-state index contributed by atoms with van der Waals surface area (Å²) in [6, 6.07) is 15.8. The van der Waals surface area contributed by atoms with Crippen molar-refractivity contribution in [3.8, 4) is 5.75 Å². The van der Waals surface area contributed by atoms with Gasteiger partial charge in [0, 0.05) is 17.7 Å².